The SMILES string of the molecule is Cc1cc(C(N)=S)cc(-n2ccc(C(=O)N(C)C)n2)n1. The summed E-state index contributed by atoms with van der Waals surface area (Å²) in [6.45, 7) is 1.85. The summed E-state index contributed by atoms with van der Waals surface area (Å²) < 4.78 is 1.53. The Balaban J connectivity index is 2.42. The van der Waals surface area contributed by atoms with Crippen molar-refractivity contribution in [2.45, 2.75) is 6.92 Å². The summed E-state index contributed by atoms with van der Waals surface area (Å²) in [6, 6.07) is 5.19. The Labute approximate surface area is 122 Å². The standard InChI is InChI=1S/C13H15N5OS/c1-8-6-9(12(14)20)7-11(15-8)18-5-4-10(16-18)13(19)17(2)3/h4-7H,1-3H3,(H2,14,20). The Morgan fingerprint density at radius 2 is 2.10 bits per heavy atom. The molecule has 0 aromatic carbocycles. The second-order valence-electron chi connectivity index (χ2n) is 4.56. The van der Waals surface area contributed by atoms with Crippen molar-refractivity contribution in [2.75, 3.05) is 14.1 Å². The van der Waals surface area contributed by atoms with Gasteiger partial charge in [-0.15, -0.1) is 0 Å². The molecular weight excluding hydrogens is 274 g/mol. The summed E-state index contributed by atoms with van der Waals surface area (Å²) in [6.07, 6.45) is 1.68. The molecule has 7 heteroatoms. The monoisotopic (exact) mass is 289 g/mol. The molecule has 0 unspecified atom stereocenters. The van der Waals surface area contributed by atoms with Crippen LogP contribution in [0.15, 0.2) is 24.4 Å². The number of nitrogens with two attached hydrogens (primary N) is 1. The van der Waals surface area contributed by atoms with E-state index in [0.717, 1.165) is 11.3 Å². The summed E-state index contributed by atoms with van der Waals surface area (Å²) in [7, 11) is 3.36. The van der Waals surface area contributed by atoms with Crippen molar-refractivity contribution in [3.63, 3.8) is 0 Å². The van der Waals surface area contributed by atoms with Crippen LogP contribution >= 0.6 is 12.2 Å². The average molecular weight is 289 g/mol. The highest BCUT2D eigenvalue weighted by Crippen LogP contribution is 2.11. The highest BCUT2D eigenvalue weighted by Gasteiger charge is 2.13. The van der Waals surface area contributed by atoms with Crippen molar-refractivity contribution in [2.24, 2.45) is 5.73 Å². The molecule has 1 amide bonds. The second kappa shape index (κ2) is 5.38. The van der Waals surface area contributed by atoms with Crippen LogP contribution in [-0.4, -0.2) is 44.7 Å². The highest BCUT2D eigenvalue weighted by atomic mass is 32.1. The van der Waals surface area contributed by atoms with Gasteiger partial charge in [-0.25, -0.2) is 9.67 Å². The smallest absolute Gasteiger partial charge is 0.273 e. The van der Waals surface area contributed by atoms with Crippen LogP contribution in [0.2, 0.25) is 0 Å². The molecule has 0 spiro atoms. The van der Waals surface area contributed by atoms with Gasteiger partial charge in [0.25, 0.3) is 5.91 Å². The first-order valence-electron chi connectivity index (χ1n) is 5.94. The minimum atomic E-state index is -0.161. The van der Waals surface area contributed by atoms with E-state index in [1.54, 1.807) is 38.5 Å². The van der Waals surface area contributed by atoms with Crippen LogP contribution in [0.1, 0.15) is 21.7 Å². The van der Waals surface area contributed by atoms with Crippen molar-refractivity contribution in [3.8, 4) is 5.82 Å². The van der Waals surface area contributed by atoms with E-state index in [1.165, 1.54) is 9.58 Å². The van der Waals surface area contributed by atoms with Crippen molar-refractivity contribution in [1.82, 2.24) is 19.7 Å². The van der Waals surface area contributed by atoms with Gasteiger partial charge in [-0.2, -0.15) is 5.10 Å². The molecule has 104 valence electrons. The molecule has 0 bridgehead atoms. The molecule has 0 saturated carbocycles. The van der Waals surface area contributed by atoms with Gasteiger partial charge in [0.05, 0.1) is 0 Å². The predicted molar refractivity (Wildman–Crippen MR) is 80.0 cm³/mol. The fourth-order valence-electron chi connectivity index (χ4n) is 1.71. The lowest BCUT2D eigenvalue weighted by molar-refractivity contribution is 0.0821. The van der Waals surface area contributed by atoms with Gasteiger partial charge in [-0.05, 0) is 25.1 Å². The van der Waals surface area contributed by atoms with Crippen LogP contribution < -0.4 is 5.73 Å². The molecule has 0 atom stereocenters. The fourth-order valence-corrected chi connectivity index (χ4v) is 1.82. The Morgan fingerprint density at radius 3 is 2.70 bits per heavy atom. The van der Waals surface area contributed by atoms with Gasteiger partial charge in [-0.1, -0.05) is 12.2 Å². The van der Waals surface area contributed by atoms with Crippen LogP contribution in [0.25, 0.3) is 5.82 Å². The van der Waals surface area contributed by atoms with Gasteiger partial charge in [0.1, 0.15) is 4.99 Å². The lowest BCUT2D eigenvalue weighted by Crippen LogP contribution is -2.22. The first kappa shape index (κ1) is 14.1. The van der Waals surface area contributed by atoms with Gasteiger partial charge in [0.2, 0.25) is 0 Å². The summed E-state index contributed by atoms with van der Waals surface area (Å²) >= 11 is 4.97. The zero-order valence-electron chi connectivity index (χ0n) is 11.5. The molecule has 6 nitrogen and oxygen atoms in total. The van der Waals surface area contributed by atoms with Crippen LogP contribution in [0.3, 0.4) is 0 Å². The molecular formula is C13H15N5OS. The maximum atomic E-state index is 11.8. The minimum absolute atomic E-state index is 0.161. The molecule has 2 aromatic rings. The Kier molecular flexibility index (Phi) is 3.80. The highest BCUT2D eigenvalue weighted by molar-refractivity contribution is 7.80. The van der Waals surface area contributed by atoms with Crippen LogP contribution in [0, 0.1) is 6.92 Å². The number of hydrogen-bond donors (Lipinski definition) is 1. The fraction of sp³-hybridized carbons (Fsp3) is 0.231. The Bertz CT molecular complexity index is 677. The molecule has 0 fully saturated rings. The number of nitrogens with zero attached hydrogens (tertiary/aromatic N) is 4. The van der Waals surface area contributed by atoms with Gasteiger partial charge < -0.3 is 10.6 Å². The number of aromatic nitrogens is 3. The number of carbonyl (C=O) groups excluding carboxylic acids is 1. The van der Waals surface area contributed by atoms with Crippen LogP contribution in [0.4, 0.5) is 0 Å². The maximum absolute atomic E-state index is 11.8. The van der Waals surface area contributed by atoms with E-state index < -0.39 is 0 Å². The van der Waals surface area contributed by atoms with Crippen molar-refractivity contribution in [3.05, 3.63) is 41.3 Å². The maximum Gasteiger partial charge on any atom is 0.273 e. The van der Waals surface area contributed by atoms with Gasteiger partial charge >= 0.3 is 0 Å². The lowest BCUT2D eigenvalue weighted by atomic mass is 10.2. The molecule has 0 aliphatic rings. The first-order valence-corrected chi connectivity index (χ1v) is 6.35. The number of rotatable bonds is 3. The topological polar surface area (TPSA) is 77.0 Å². The number of thiocarbonyl (C=S) groups is 1. The quantitative estimate of drug-likeness (QED) is 0.850. The Hall–Kier alpha value is -2.28. The largest absolute Gasteiger partial charge is 0.389 e. The van der Waals surface area contributed by atoms with Crippen molar-refractivity contribution in [1.29, 1.82) is 0 Å². The third-order valence-corrected chi connectivity index (χ3v) is 2.91. The first-order chi connectivity index (χ1) is 9.38. The molecule has 0 aliphatic carbocycles. The number of aryl methyl sites for hydroxylation is 1. The zero-order valence-corrected chi connectivity index (χ0v) is 12.3. The third-order valence-electron chi connectivity index (χ3n) is 2.67. The molecule has 2 rings (SSSR count). The summed E-state index contributed by atoms with van der Waals surface area (Å²) in [5.41, 5.74) is 7.49. The van der Waals surface area contributed by atoms with Crippen molar-refractivity contribution < 1.29 is 4.79 Å². The molecule has 2 N–H and O–H groups in total. The predicted octanol–water partition coefficient (Wildman–Crippen LogP) is 0.912. The molecule has 2 aromatic heterocycles. The number of amides is 1. The lowest BCUT2D eigenvalue weighted by Gasteiger charge is -2.07. The van der Waals surface area contributed by atoms with Gasteiger partial charge in [0.15, 0.2) is 11.5 Å². The number of pyridine rings is 1. The van der Waals surface area contributed by atoms with E-state index in [4.69, 9.17) is 18.0 Å². The molecule has 2 heterocycles. The van der Waals surface area contributed by atoms with Gasteiger partial charge in [0, 0.05) is 31.5 Å². The van der Waals surface area contributed by atoms with Crippen LogP contribution in [-0.2, 0) is 0 Å². The van der Waals surface area contributed by atoms with Crippen LogP contribution in [0.5, 0.6) is 0 Å². The van der Waals surface area contributed by atoms with E-state index in [9.17, 15) is 4.79 Å². The summed E-state index contributed by atoms with van der Waals surface area (Å²) in [4.78, 5) is 18.0. The van der Waals surface area contributed by atoms with E-state index >= 15 is 0 Å². The number of hydrogen-bond acceptors (Lipinski definition) is 4. The molecule has 20 heavy (non-hydrogen) atoms. The third kappa shape index (κ3) is 2.83. The number of carbonyl (C=O) groups is 1. The summed E-state index contributed by atoms with van der Waals surface area (Å²) in [5, 5.41) is 4.22. The zero-order chi connectivity index (χ0) is 14.9. The minimum Gasteiger partial charge on any atom is -0.389 e. The van der Waals surface area contributed by atoms with E-state index in [-0.39, 0.29) is 5.91 Å². The Morgan fingerprint density at radius 1 is 1.40 bits per heavy atom. The molecule has 0 radical (unpaired) electrons. The van der Waals surface area contributed by atoms with E-state index in [2.05, 4.69) is 10.1 Å². The summed E-state index contributed by atoms with van der Waals surface area (Å²) in [5.74, 6) is 0.413. The van der Waals surface area contributed by atoms with E-state index in [0.29, 0.717) is 16.5 Å². The molecule has 0 saturated heterocycles. The average Bonchev–Trinajstić information content (AvgIpc) is 2.86. The second-order valence-corrected chi connectivity index (χ2v) is 5.00. The normalized spacial score (nSPS) is 10.3. The van der Waals surface area contributed by atoms with Crippen molar-refractivity contribution >= 4 is 23.1 Å². The van der Waals surface area contributed by atoms with E-state index in [1.807, 2.05) is 6.92 Å². The van der Waals surface area contributed by atoms with Gasteiger partial charge in [-0.3, -0.25) is 4.79 Å². The molecule has 0 aliphatic heterocycles.